The van der Waals surface area contributed by atoms with Gasteiger partial charge in [0.25, 0.3) is 5.69 Å². The summed E-state index contributed by atoms with van der Waals surface area (Å²) < 4.78 is 12.3. The molecule has 0 spiro atoms. The van der Waals surface area contributed by atoms with Crippen molar-refractivity contribution in [2.45, 2.75) is 10.1 Å². The minimum absolute atomic E-state index is 0.0227. The average Bonchev–Trinajstić information content (AvgIpc) is 3.11. The number of aliphatic imine (C=N–C) groups is 1. The van der Waals surface area contributed by atoms with Crippen molar-refractivity contribution in [3.63, 3.8) is 0 Å². The van der Waals surface area contributed by atoms with Gasteiger partial charge in [-0.25, -0.2) is 0 Å². The van der Waals surface area contributed by atoms with Crippen molar-refractivity contribution in [3.05, 3.63) is 58.4 Å². The highest BCUT2D eigenvalue weighted by molar-refractivity contribution is 7.99. The molecule has 144 valence electrons. The number of ether oxygens (including phenoxy) is 2. The monoisotopic (exact) mass is 399 g/mol. The number of nitro groups is 1. The second-order valence-electron chi connectivity index (χ2n) is 5.60. The van der Waals surface area contributed by atoms with Crippen LogP contribution < -0.4 is 9.47 Å². The average molecular weight is 399 g/mol. The van der Waals surface area contributed by atoms with Crippen molar-refractivity contribution in [1.82, 2.24) is 14.8 Å². The third-order valence-corrected chi connectivity index (χ3v) is 4.95. The first-order valence-corrected chi connectivity index (χ1v) is 8.90. The van der Waals surface area contributed by atoms with E-state index in [9.17, 15) is 10.1 Å². The molecule has 0 bridgehead atoms. The van der Waals surface area contributed by atoms with E-state index in [1.807, 2.05) is 7.05 Å². The van der Waals surface area contributed by atoms with Gasteiger partial charge in [-0.05, 0) is 30.0 Å². The Bertz CT molecular complexity index is 1030. The predicted octanol–water partition coefficient (Wildman–Crippen LogP) is 3.64. The van der Waals surface area contributed by atoms with Crippen molar-refractivity contribution >= 4 is 29.4 Å². The standard InChI is InChI=1S/C18H17N5O4S/c1-22-11-20-21-18(22)28-17-7-4-13(23(24)25)8-12(17)10-19-15-6-5-14(26-2)9-16(15)27-3/h4-11H,1-3H3. The van der Waals surface area contributed by atoms with Gasteiger partial charge in [0.05, 0.1) is 19.1 Å². The van der Waals surface area contributed by atoms with Crippen LogP contribution in [-0.2, 0) is 7.05 Å². The van der Waals surface area contributed by atoms with Crippen LogP contribution in [0.2, 0.25) is 0 Å². The van der Waals surface area contributed by atoms with E-state index in [-0.39, 0.29) is 5.69 Å². The lowest BCUT2D eigenvalue weighted by Gasteiger charge is -2.08. The summed E-state index contributed by atoms with van der Waals surface area (Å²) in [6.45, 7) is 0. The van der Waals surface area contributed by atoms with Crippen LogP contribution in [0, 0.1) is 10.1 Å². The highest BCUT2D eigenvalue weighted by atomic mass is 32.2. The Morgan fingerprint density at radius 3 is 2.68 bits per heavy atom. The number of nitro benzene ring substituents is 1. The van der Waals surface area contributed by atoms with Crippen LogP contribution in [0.15, 0.2) is 57.8 Å². The van der Waals surface area contributed by atoms with Gasteiger partial charge in [0, 0.05) is 41.9 Å². The molecule has 0 aliphatic carbocycles. The van der Waals surface area contributed by atoms with Gasteiger partial charge in [-0.1, -0.05) is 0 Å². The van der Waals surface area contributed by atoms with Crippen LogP contribution >= 0.6 is 11.8 Å². The molecule has 9 nitrogen and oxygen atoms in total. The number of aromatic nitrogens is 3. The predicted molar refractivity (Wildman–Crippen MR) is 105 cm³/mol. The molecule has 0 amide bonds. The topological polar surface area (TPSA) is 105 Å². The van der Waals surface area contributed by atoms with Gasteiger partial charge in [0.2, 0.25) is 0 Å². The number of benzene rings is 2. The van der Waals surface area contributed by atoms with Gasteiger partial charge >= 0.3 is 0 Å². The van der Waals surface area contributed by atoms with E-state index in [1.54, 1.807) is 48.5 Å². The van der Waals surface area contributed by atoms with Crippen molar-refractivity contribution in [2.24, 2.45) is 12.0 Å². The van der Waals surface area contributed by atoms with E-state index in [2.05, 4.69) is 15.2 Å². The van der Waals surface area contributed by atoms with E-state index in [1.165, 1.54) is 31.0 Å². The van der Waals surface area contributed by atoms with Crippen molar-refractivity contribution in [3.8, 4) is 11.5 Å². The molecule has 0 fully saturated rings. The van der Waals surface area contributed by atoms with Crippen molar-refractivity contribution in [2.75, 3.05) is 14.2 Å². The van der Waals surface area contributed by atoms with Crippen LogP contribution in [-0.4, -0.2) is 40.1 Å². The molecule has 0 saturated heterocycles. The number of non-ortho nitro benzene ring substituents is 1. The van der Waals surface area contributed by atoms with Crippen molar-refractivity contribution < 1.29 is 14.4 Å². The Hall–Kier alpha value is -3.40. The summed E-state index contributed by atoms with van der Waals surface area (Å²) >= 11 is 1.34. The summed E-state index contributed by atoms with van der Waals surface area (Å²) in [7, 11) is 4.93. The molecule has 28 heavy (non-hydrogen) atoms. The fraction of sp³-hybridized carbons (Fsp3) is 0.167. The van der Waals surface area contributed by atoms with Gasteiger partial charge in [-0.3, -0.25) is 15.1 Å². The molecule has 1 aromatic heterocycles. The quantitative estimate of drug-likeness (QED) is 0.339. The lowest BCUT2D eigenvalue weighted by Crippen LogP contribution is -1.95. The fourth-order valence-electron chi connectivity index (χ4n) is 2.34. The Labute approximate surface area is 165 Å². The van der Waals surface area contributed by atoms with E-state index >= 15 is 0 Å². The number of nitrogens with zero attached hydrogens (tertiary/aromatic N) is 5. The molecule has 0 aliphatic heterocycles. The van der Waals surface area contributed by atoms with Crippen LogP contribution in [0.5, 0.6) is 11.5 Å². The smallest absolute Gasteiger partial charge is 0.270 e. The van der Waals surface area contributed by atoms with Crippen LogP contribution in [0.25, 0.3) is 0 Å². The number of hydrogen-bond acceptors (Lipinski definition) is 8. The third kappa shape index (κ3) is 4.29. The normalized spacial score (nSPS) is 11.0. The number of rotatable bonds is 7. The van der Waals surface area contributed by atoms with E-state index in [4.69, 9.17) is 9.47 Å². The summed E-state index contributed by atoms with van der Waals surface area (Å²) in [5.74, 6) is 1.17. The van der Waals surface area contributed by atoms with Gasteiger partial charge in [-0.2, -0.15) is 0 Å². The summed E-state index contributed by atoms with van der Waals surface area (Å²) in [6, 6.07) is 9.82. The highest BCUT2D eigenvalue weighted by Gasteiger charge is 2.13. The number of aryl methyl sites for hydroxylation is 1. The Morgan fingerprint density at radius 1 is 1.21 bits per heavy atom. The van der Waals surface area contributed by atoms with Gasteiger partial charge in [0.15, 0.2) is 5.16 Å². The van der Waals surface area contributed by atoms with Crippen LogP contribution in [0.1, 0.15) is 5.56 Å². The summed E-state index contributed by atoms with van der Waals surface area (Å²) in [6.07, 6.45) is 3.15. The number of methoxy groups -OCH3 is 2. The third-order valence-electron chi connectivity index (χ3n) is 3.80. The maximum absolute atomic E-state index is 11.2. The molecule has 10 heteroatoms. The van der Waals surface area contributed by atoms with E-state index in [0.29, 0.717) is 27.9 Å². The van der Waals surface area contributed by atoms with Crippen LogP contribution in [0.4, 0.5) is 11.4 Å². The summed E-state index contributed by atoms with van der Waals surface area (Å²) in [4.78, 5) is 15.9. The lowest BCUT2D eigenvalue weighted by molar-refractivity contribution is -0.384. The van der Waals surface area contributed by atoms with E-state index < -0.39 is 4.92 Å². The molecule has 0 N–H and O–H groups in total. The Morgan fingerprint density at radius 2 is 2.04 bits per heavy atom. The second kappa shape index (κ2) is 8.53. The number of hydrogen-bond donors (Lipinski definition) is 0. The molecule has 3 aromatic rings. The Kier molecular flexibility index (Phi) is 5.90. The van der Waals surface area contributed by atoms with E-state index in [0.717, 1.165) is 4.90 Å². The highest BCUT2D eigenvalue weighted by Crippen LogP contribution is 2.33. The zero-order chi connectivity index (χ0) is 20.1. The molecular formula is C18H17N5O4S. The zero-order valence-electron chi connectivity index (χ0n) is 15.4. The van der Waals surface area contributed by atoms with Crippen LogP contribution in [0.3, 0.4) is 0 Å². The largest absolute Gasteiger partial charge is 0.497 e. The summed E-state index contributed by atoms with van der Waals surface area (Å²) in [5.41, 5.74) is 1.13. The minimum atomic E-state index is -0.442. The molecule has 2 aromatic carbocycles. The summed E-state index contributed by atoms with van der Waals surface area (Å²) in [5, 5.41) is 19.7. The maximum Gasteiger partial charge on any atom is 0.270 e. The maximum atomic E-state index is 11.2. The van der Waals surface area contributed by atoms with Gasteiger partial charge in [-0.15, -0.1) is 10.2 Å². The molecule has 0 aliphatic rings. The molecule has 0 saturated carbocycles. The molecule has 0 unspecified atom stereocenters. The van der Waals surface area contributed by atoms with Gasteiger partial charge in [0.1, 0.15) is 23.5 Å². The lowest BCUT2D eigenvalue weighted by atomic mass is 10.2. The SMILES string of the molecule is COc1ccc(N=Cc2cc([N+](=O)[O-])ccc2Sc2nncn2C)c(OC)c1. The molecule has 0 radical (unpaired) electrons. The molecule has 3 rings (SSSR count). The first-order chi connectivity index (χ1) is 13.5. The Balaban J connectivity index is 1.99. The first-order valence-electron chi connectivity index (χ1n) is 8.08. The molecular weight excluding hydrogens is 382 g/mol. The first kappa shape index (κ1) is 19.4. The second-order valence-corrected chi connectivity index (χ2v) is 6.61. The fourth-order valence-corrected chi connectivity index (χ4v) is 3.18. The molecule has 0 atom stereocenters. The van der Waals surface area contributed by atoms with Crippen molar-refractivity contribution in [1.29, 1.82) is 0 Å². The minimum Gasteiger partial charge on any atom is -0.497 e. The molecule has 1 heterocycles. The zero-order valence-corrected chi connectivity index (χ0v) is 16.2. The van der Waals surface area contributed by atoms with Gasteiger partial charge < -0.3 is 14.0 Å².